The maximum absolute atomic E-state index is 12.2. The Morgan fingerprint density at radius 2 is 1.85 bits per heavy atom. The van der Waals surface area contributed by atoms with Crippen LogP contribution in [0.25, 0.3) is 0 Å². The molecule has 1 N–H and O–H groups in total. The van der Waals surface area contributed by atoms with E-state index in [1.54, 1.807) is 0 Å². The van der Waals surface area contributed by atoms with Crippen LogP contribution in [0.15, 0.2) is 30.3 Å². The fourth-order valence-electron chi connectivity index (χ4n) is 3.74. The van der Waals surface area contributed by atoms with Crippen molar-refractivity contribution in [1.82, 2.24) is 19.4 Å². The molecule has 0 aliphatic carbocycles. The van der Waals surface area contributed by atoms with Crippen LogP contribution in [0.3, 0.4) is 0 Å². The molecule has 0 radical (unpaired) electrons. The van der Waals surface area contributed by atoms with Crippen molar-refractivity contribution < 1.29 is 13.2 Å². The minimum atomic E-state index is -3.22. The van der Waals surface area contributed by atoms with Gasteiger partial charge in [-0.05, 0) is 19.7 Å². The Hall–Kier alpha value is -1.03. The Labute approximate surface area is 163 Å². The van der Waals surface area contributed by atoms with E-state index >= 15 is 0 Å². The SMILES string of the molecule is CN(C)CCN1CCN([C@H]2CS(=O)(=O)N[C@@H]2COCc2ccccc2)CC1. The second kappa shape index (κ2) is 9.45. The van der Waals surface area contributed by atoms with Gasteiger partial charge in [0, 0.05) is 45.3 Å². The molecule has 2 aliphatic rings. The van der Waals surface area contributed by atoms with E-state index in [2.05, 4.69) is 33.5 Å². The lowest BCUT2D eigenvalue weighted by Gasteiger charge is -2.39. The Bertz CT molecular complexity index is 675. The maximum Gasteiger partial charge on any atom is 0.213 e. The minimum Gasteiger partial charge on any atom is -0.375 e. The van der Waals surface area contributed by atoms with Crippen LogP contribution in [0.2, 0.25) is 0 Å². The van der Waals surface area contributed by atoms with Crippen LogP contribution in [-0.2, 0) is 21.4 Å². The Morgan fingerprint density at radius 1 is 1.15 bits per heavy atom. The summed E-state index contributed by atoms with van der Waals surface area (Å²) >= 11 is 0. The summed E-state index contributed by atoms with van der Waals surface area (Å²) in [5.74, 6) is 0.171. The third-order valence-corrected chi connectivity index (χ3v) is 6.78. The molecule has 1 aromatic carbocycles. The third-order valence-electron chi connectivity index (χ3n) is 5.33. The molecule has 0 amide bonds. The fourth-order valence-corrected chi connectivity index (χ4v) is 5.42. The van der Waals surface area contributed by atoms with Crippen molar-refractivity contribution in [3.05, 3.63) is 35.9 Å². The largest absolute Gasteiger partial charge is 0.375 e. The summed E-state index contributed by atoms with van der Waals surface area (Å²) in [5.41, 5.74) is 1.10. The number of sulfonamides is 1. The smallest absolute Gasteiger partial charge is 0.213 e. The zero-order chi connectivity index (χ0) is 19.3. The Kier molecular flexibility index (Phi) is 7.24. The highest BCUT2D eigenvalue weighted by atomic mass is 32.2. The van der Waals surface area contributed by atoms with Gasteiger partial charge in [-0.1, -0.05) is 30.3 Å². The topological polar surface area (TPSA) is 65.1 Å². The standard InChI is InChI=1S/C19H32N4O3S/c1-21(2)8-9-22-10-12-23(13-11-22)19-16-27(24,25)20-18(19)15-26-14-17-6-4-3-5-7-17/h3-7,18-20H,8-16H2,1-2H3/t18-,19+/m1/s1. The lowest BCUT2D eigenvalue weighted by molar-refractivity contribution is 0.0526. The lowest BCUT2D eigenvalue weighted by atomic mass is 10.1. The molecule has 0 bridgehead atoms. The van der Waals surface area contributed by atoms with Crippen LogP contribution in [0, 0.1) is 0 Å². The van der Waals surface area contributed by atoms with E-state index in [-0.39, 0.29) is 17.8 Å². The van der Waals surface area contributed by atoms with E-state index in [1.165, 1.54) is 0 Å². The molecule has 0 unspecified atom stereocenters. The lowest BCUT2D eigenvalue weighted by Crippen LogP contribution is -2.55. The highest BCUT2D eigenvalue weighted by Crippen LogP contribution is 2.19. The molecule has 0 spiro atoms. The maximum atomic E-state index is 12.2. The van der Waals surface area contributed by atoms with Crippen LogP contribution < -0.4 is 4.72 Å². The van der Waals surface area contributed by atoms with Gasteiger partial charge in [-0.3, -0.25) is 9.80 Å². The van der Waals surface area contributed by atoms with Gasteiger partial charge in [-0.25, -0.2) is 13.1 Å². The monoisotopic (exact) mass is 396 g/mol. The van der Waals surface area contributed by atoms with Crippen LogP contribution in [0.4, 0.5) is 0 Å². The zero-order valence-electron chi connectivity index (χ0n) is 16.4. The van der Waals surface area contributed by atoms with E-state index in [4.69, 9.17) is 4.74 Å². The molecule has 27 heavy (non-hydrogen) atoms. The molecule has 0 aromatic heterocycles. The Balaban J connectivity index is 1.50. The highest BCUT2D eigenvalue weighted by molar-refractivity contribution is 7.89. The number of hydrogen-bond donors (Lipinski definition) is 1. The van der Waals surface area contributed by atoms with E-state index < -0.39 is 10.0 Å². The first-order valence-corrected chi connectivity index (χ1v) is 11.3. The minimum absolute atomic E-state index is 0.0122. The summed E-state index contributed by atoms with van der Waals surface area (Å²) < 4.78 is 33.0. The van der Waals surface area contributed by atoms with Crippen LogP contribution >= 0.6 is 0 Å². The molecule has 152 valence electrons. The number of likely N-dealkylation sites (N-methyl/N-ethyl adjacent to an activating group) is 1. The van der Waals surface area contributed by atoms with E-state index in [9.17, 15) is 8.42 Å². The average molecular weight is 397 g/mol. The van der Waals surface area contributed by atoms with E-state index in [1.807, 2.05) is 30.3 Å². The van der Waals surface area contributed by atoms with Crippen molar-refractivity contribution in [2.24, 2.45) is 0 Å². The number of benzene rings is 1. The fraction of sp³-hybridized carbons (Fsp3) is 0.684. The predicted molar refractivity (Wildman–Crippen MR) is 107 cm³/mol. The molecular weight excluding hydrogens is 364 g/mol. The first kappa shape index (κ1) is 20.7. The summed E-state index contributed by atoms with van der Waals surface area (Å²) in [6.45, 7) is 6.81. The second-order valence-electron chi connectivity index (χ2n) is 7.75. The number of piperazine rings is 1. The molecule has 1 aromatic rings. The first-order chi connectivity index (χ1) is 12.9. The van der Waals surface area contributed by atoms with Crippen molar-refractivity contribution in [2.75, 3.05) is 65.7 Å². The summed E-state index contributed by atoms with van der Waals surface area (Å²) in [5, 5.41) is 0. The number of nitrogens with one attached hydrogen (secondary N) is 1. The van der Waals surface area contributed by atoms with Gasteiger partial charge in [-0.2, -0.15) is 0 Å². The molecule has 7 nitrogen and oxygen atoms in total. The molecule has 2 fully saturated rings. The summed E-state index contributed by atoms with van der Waals surface area (Å²) in [6.07, 6.45) is 0. The number of ether oxygens (including phenoxy) is 1. The average Bonchev–Trinajstić information content (AvgIpc) is 2.96. The Morgan fingerprint density at radius 3 is 2.52 bits per heavy atom. The van der Waals surface area contributed by atoms with Gasteiger partial charge in [0.2, 0.25) is 10.0 Å². The zero-order valence-corrected chi connectivity index (χ0v) is 17.2. The van der Waals surface area contributed by atoms with Crippen LogP contribution in [0.5, 0.6) is 0 Å². The van der Waals surface area contributed by atoms with Crippen molar-refractivity contribution >= 4 is 10.0 Å². The van der Waals surface area contributed by atoms with Gasteiger partial charge in [0.05, 0.1) is 25.0 Å². The normalized spacial score (nSPS) is 26.6. The van der Waals surface area contributed by atoms with Gasteiger partial charge in [-0.15, -0.1) is 0 Å². The first-order valence-electron chi connectivity index (χ1n) is 9.66. The highest BCUT2D eigenvalue weighted by Gasteiger charge is 2.41. The van der Waals surface area contributed by atoms with Crippen molar-refractivity contribution in [2.45, 2.75) is 18.7 Å². The molecule has 2 saturated heterocycles. The van der Waals surface area contributed by atoms with Crippen molar-refractivity contribution in [3.63, 3.8) is 0 Å². The van der Waals surface area contributed by atoms with Crippen molar-refractivity contribution in [1.29, 1.82) is 0 Å². The van der Waals surface area contributed by atoms with Gasteiger partial charge in [0.1, 0.15) is 0 Å². The molecule has 2 atom stereocenters. The summed E-state index contributed by atoms with van der Waals surface area (Å²) in [6, 6.07) is 9.79. The quantitative estimate of drug-likeness (QED) is 0.670. The second-order valence-corrected chi connectivity index (χ2v) is 9.55. The third kappa shape index (κ3) is 6.23. The van der Waals surface area contributed by atoms with E-state index in [0.29, 0.717) is 13.2 Å². The van der Waals surface area contributed by atoms with E-state index in [0.717, 1.165) is 44.8 Å². The number of hydrogen-bond acceptors (Lipinski definition) is 6. The summed E-state index contributed by atoms with van der Waals surface area (Å²) in [7, 11) is 0.961. The van der Waals surface area contributed by atoms with Gasteiger partial charge in [0.15, 0.2) is 0 Å². The molecular formula is C19H32N4O3S. The van der Waals surface area contributed by atoms with Crippen LogP contribution in [-0.4, -0.2) is 101 Å². The van der Waals surface area contributed by atoms with Crippen LogP contribution in [0.1, 0.15) is 5.56 Å². The van der Waals surface area contributed by atoms with Crippen molar-refractivity contribution in [3.8, 4) is 0 Å². The molecule has 2 heterocycles. The molecule has 2 aliphatic heterocycles. The van der Waals surface area contributed by atoms with Gasteiger partial charge >= 0.3 is 0 Å². The molecule has 3 rings (SSSR count). The van der Waals surface area contributed by atoms with Gasteiger partial charge in [0.25, 0.3) is 0 Å². The number of nitrogens with zero attached hydrogens (tertiary/aromatic N) is 3. The number of rotatable bonds is 8. The predicted octanol–water partition coefficient (Wildman–Crippen LogP) is 0.0526. The summed E-state index contributed by atoms with van der Waals surface area (Å²) in [4.78, 5) is 6.97. The van der Waals surface area contributed by atoms with Gasteiger partial charge < -0.3 is 9.64 Å². The molecule has 0 saturated carbocycles. The molecule has 8 heteroatoms.